The Morgan fingerprint density at radius 1 is 1.14 bits per heavy atom. The minimum Gasteiger partial charge on any atom is -0.329 e. The topological polar surface area (TPSA) is 32.5 Å². The number of nitrogens with zero attached hydrogens (tertiary/aromatic N) is 2. The quantitative estimate of drug-likeness (QED) is 0.791. The van der Waals surface area contributed by atoms with Crippen LogP contribution in [0.15, 0.2) is 0 Å². The Kier molecular flexibility index (Phi) is 6.51. The minimum atomic E-state index is 0.281. The number of hydrogen-bond donors (Lipinski definition) is 1. The van der Waals surface area contributed by atoms with Crippen LogP contribution in [-0.2, 0) is 0 Å². The number of likely N-dealkylation sites (N-methyl/N-ethyl adjacent to an activating group) is 1. The smallest absolute Gasteiger partial charge is 0.0331 e. The third kappa shape index (κ3) is 4.20. The first-order valence-electron chi connectivity index (χ1n) is 9.23. The summed E-state index contributed by atoms with van der Waals surface area (Å²) in [7, 11) is 4.61. The molecule has 0 amide bonds. The molecule has 0 aromatic rings. The molecule has 0 spiro atoms. The Morgan fingerprint density at radius 2 is 1.86 bits per heavy atom. The zero-order chi connectivity index (χ0) is 15.3. The molecule has 1 saturated carbocycles. The van der Waals surface area contributed by atoms with Crippen molar-refractivity contribution < 1.29 is 0 Å². The number of piperidine rings is 1. The van der Waals surface area contributed by atoms with Gasteiger partial charge in [-0.15, -0.1) is 0 Å². The van der Waals surface area contributed by atoms with E-state index in [4.69, 9.17) is 5.73 Å². The van der Waals surface area contributed by atoms with Crippen LogP contribution >= 0.6 is 0 Å². The summed E-state index contributed by atoms with van der Waals surface area (Å²) in [5.41, 5.74) is 6.59. The molecule has 3 nitrogen and oxygen atoms in total. The second-order valence-electron chi connectivity index (χ2n) is 7.66. The summed E-state index contributed by atoms with van der Waals surface area (Å²) in [5.74, 6) is 0.953. The molecule has 2 unspecified atom stereocenters. The van der Waals surface area contributed by atoms with Crippen LogP contribution in [0.1, 0.15) is 64.7 Å². The van der Waals surface area contributed by atoms with E-state index >= 15 is 0 Å². The van der Waals surface area contributed by atoms with Crippen molar-refractivity contribution in [2.45, 2.75) is 76.3 Å². The number of nitrogens with two attached hydrogens (primary N) is 1. The van der Waals surface area contributed by atoms with Crippen LogP contribution in [0.25, 0.3) is 0 Å². The van der Waals surface area contributed by atoms with E-state index in [1.54, 1.807) is 0 Å². The van der Waals surface area contributed by atoms with Crippen LogP contribution in [-0.4, -0.2) is 55.1 Å². The molecule has 0 radical (unpaired) electrons. The van der Waals surface area contributed by atoms with Gasteiger partial charge in [-0.05, 0) is 65.2 Å². The zero-order valence-corrected chi connectivity index (χ0v) is 14.6. The summed E-state index contributed by atoms with van der Waals surface area (Å²) in [6, 6.07) is 0.743. The fraction of sp³-hybridized carbons (Fsp3) is 1.00. The molecule has 124 valence electrons. The first-order valence-corrected chi connectivity index (χ1v) is 9.23. The molecule has 1 aliphatic carbocycles. The van der Waals surface area contributed by atoms with Crippen LogP contribution in [0.4, 0.5) is 0 Å². The van der Waals surface area contributed by atoms with Crippen LogP contribution in [0.3, 0.4) is 0 Å². The Hall–Kier alpha value is -0.120. The van der Waals surface area contributed by atoms with Crippen molar-refractivity contribution in [1.29, 1.82) is 0 Å². The molecule has 0 bridgehead atoms. The van der Waals surface area contributed by atoms with Gasteiger partial charge < -0.3 is 10.6 Å². The highest BCUT2D eigenvalue weighted by Crippen LogP contribution is 2.37. The first-order chi connectivity index (χ1) is 10.1. The maximum absolute atomic E-state index is 6.31. The Balaban J connectivity index is 1.99. The maximum atomic E-state index is 6.31. The molecule has 1 saturated heterocycles. The SMILES string of the molecule is CCCC1CCCC(CN)(N(C)C2CCN(C)CC2)CC1. The van der Waals surface area contributed by atoms with E-state index < -0.39 is 0 Å². The van der Waals surface area contributed by atoms with Gasteiger partial charge in [0.1, 0.15) is 0 Å². The van der Waals surface area contributed by atoms with Gasteiger partial charge in [0.15, 0.2) is 0 Å². The minimum absolute atomic E-state index is 0.281. The molecule has 2 N–H and O–H groups in total. The summed E-state index contributed by atoms with van der Waals surface area (Å²) in [6.45, 7) is 5.66. The standard InChI is InChI=1S/C18H37N3/c1-4-6-16-7-5-11-18(15-19,12-8-16)21(3)17-9-13-20(2)14-10-17/h16-17H,4-15,19H2,1-3H3. The molecular weight excluding hydrogens is 258 g/mol. The molecule has 3 heteroatoms. The fourth-order valence-corrected chi connectivity index (χ4v) is 4.63. The first kappa shape index (κ1) is 17.2. The number of hydrogen-bond acceptors (Lipinski definition) is 3. The Morgan fingerprint density at radius 3 is 2.48 bits per heavy atom. The Bertz CT molecular complexity index is 299. The Labute approximate surface area is 132 Å². The van der Waals surface area contributed by atoms with Gasteiger partial charge in [0.05, 0.1) is 0 Å². The van der Waals surface area contributed by atoms with Crippen LogP contribution in [0.2, 0.25) is 0 Å². The van der Waals surface area contributed by atoms with Crippen molar-refractivity contribution in [3.05, 3.63) is 0 Å². The van der Waals surface area contributed by atoms with Gasteiger partial charge in [0.25, 0.3) is 0 Å². The van der Waals surface area contributed by atoms with Crippen LogP contribution in [0.5, 0.6) is 0 Å². The van der Waals surface area contributed by atoms with E-state index in [2.05, 4.69) is 30.8 Å². The lowest BCUT2D eigenvalue weighted by atomic mass is 9.85. The van der Waals surface area contributed by atoms with Crippen molar-refractivity contribution in [3.63, 3.8) is 0 Å². The van der Waals surface area contributed by atoms with E-state index in [9.17, 15) is 0 Å². The van der Waals surface area contributed by atoms with Crippen molar-refractivity contribution in [2.24, 2.45) is 11.7 Å². The van der Waals surface area contributed by atoms with Crippen molar-refractivity contribution >= 4 is 0 Å². The van der Waals surface area contributed by atoms with E-state index in [0.29, 0.717) is 0 Å². The third-order valence-electron chi connectivity index (χ3n) is 6.33. The fourth-order valence-electron chi connectivity index (χ4n) is 4.63. The summed E-state index contributed by atoms with van der Waals surface area (Å²) >= 11 is 0. The van der Waals surface area contributed by atoms with Crippen LogP contribution in [0, 0.1) is 5.92 Å². The van der Waals surface area contributed by atoms with E-state index in [-0.39, 0.29) is 5.54 Å². The highest BCUT2D eigenvalue weighted by atomic mass is 15.2. The summed E-state index contributed by atoms with van der Waals surface area (Å²) in [4.78, 5) is 5.16. The second kappa shape index (κ2) is 7.94. The number of likely N-dealkylation sites (tertiary alicyclic amines) is 1. The predicted molar refractivity (Wildman–Crippen MR) is 91.6 cm³/mol. The molecular formula is C18H37N3. The van der Waals surface area contributed by atoms with Crippen LogP contribution < -0.4 is 5.73 Å². The van der Waals surface area contributed by atoms with E-state index in [0.717, 1.165) is 18.5 Å². The second-order valence-corrected chi connectivity index (χ2v) is 7.66. The molecule has 0 aromatic carbocycles. The van der Waals surface area contributed by atoms with Crippen molar-refractivity contribution in [3.8, 4) is 0 Å². The zero-order valence-electron chi connectivity index (χ0n) is 14.6. The molecule has 1 heterocycles. The normalized spacial score (nSPS) is 33.3. The molecule has 0 aromatic heterocycles. The lowest BCUT2D eigenvalue weighted by molar-refractivity contribution is 0.0321. The van der Waals surface area contributed by atoms with Gasteiger partial charge in [-0.2, -0.15) is 0 Å². The van der Waals surface area contributed by atoms with Gasteiger partial charge in [-0.3, -0.25) is 4.90 Å². The largest absolute Gasteiger partial charge is 0.329 e. The van der Waals surface area contributed by atoms with E-state index in [1.807, 2.05) is 0 Å². The maximum Gasteiger partial charge on any atom is 0.0331 e. The van der Waals surface area contributed by atoms with Gasteiger partial charge in [0.2, 0.25) is 0 Å². The predicted octanol–water partition coefficient (Wildman–Crippen LogP) is 3.09. The number of rotatable bonds is 5. The molecule has 2 atom stereocenters. The average Bonchev–Trinajstić information content (AvgIpc) is 2.71. The summed E-state index contributed by atoms with van der Waals surface area (Å²) in [5, 5.41) is 0. The third-order valence-corrected chi connectivity index (χ3v) is 6.33. The van der Waals surface area contributed by atoms with Gasteiger partial charge >= 0.3 is 0 Å². The summed E-state index contributed by atoms with van der Waals surface area (Å²) < 4.78 is 0. The lowest BCUT2D eigenvalue weighted by Gasteiger charge is -2.47. The lowest BCUT2D eigenvalue weighted by Crippen LogP contribution is -2.57. The van der Waals surface area contributed by atoms with Gasteiger partial charge in [-0.1, -0.05) is 32.6 Å². The van der Waals surface area contributed by atoms with Gasteiger partial charge in [0, 0.05) is 18.1 Å². The summed E-state index contributed by atoms with van der Waals surface area (Å²) in [6.07, 6.45) is 12.2. The van der Waals surface area contributed by atoms with E-state index in [1.165, 1.54) is 70.9 Å². The molecule has 2 rings (SSSR count). The van der Waals surface area contributed by atoms with Crippen molar-refractivity contribution in [2.75, 3.05) is 33.7 Å². The molecule has 2 aliphatic rings. The molecule has 21 heavy (non-hydrogen) atoms. The molecule has 2 fully saturated rings. The van der Waals surface area contributed by atoms with Crippen molar-refractivity contribution in [1.82, 2.24) is 9.80 Å². The van der Waals surface area contributed by atoms with Gasteiger partial charge in [-0.25, -0.2) is 0 Å². The average molecular weight is 296 g/mol. The molecule has 1 aliphatic heterocycles. The monoisotopic (exact) mass is 295 g/mol. The highest BCUT2D eigenvalue weighted by molar-refractivity contribution is 4.96. The highest BCUT2D eigenvalue weighted by Gasteiger charge is 2.39.